The predicted molar refractivity (Wildman–Crippen MR) is 105 cm³/mol. The van der Waals surface area contributed by atoms with E-state index in [2.05, 4.69) is 20.8 Å². The number of carbonyl (C=O) groups excluding carboxylic acids is 1. The molecule has 1 aromatic heterocycles. The smallest absolute Gasteiger partial charge is 0.234 e. The van der Waals surface area contributed by atoms with Crippen LogP contribution in [0.1, 0.15) is 11.1 Å². The Morgan fingerprint density at radius 1 is 1.19 bits per heavy atom. The van der Waals surface area contributed by atoms with Gasteiger partial charge in [-0.15, -0.1) is 10.2 Å². The van der Waals surface area contributed by atoms with Crippen LogP contribution < -0.4 is 10.6 Å². The molecule has 26 heavy (non-hydrogen) atoms. The quantitative estimate of drug-likeness (QED) is 0.622. The number of aryl methyl sites for hydroxylation is 1. The number of carbonyl (C=O) groups is 1. The summed E-state index contributed by atoms with van der Waals surface area (Å²) in [6.07, 6.45) is 0. The predicted octanol–water partition coefficient (Wildman–Crippen LogP) is 4.19. The minimum atomic E-state index is -0.136. The lowest BCUT2D eigenvalue weighted by Gasteiger charge is -2.03. The van der Waals surface area contributed by atoms with Gasteiger partial charge in [-0.25, -0.2) is 0 Å². The van der Waals surface area contributed by atoms with Gasteiger partial charge in [0.05, 0.1) is 17.4 Å². The number of rotatable bonds is 6. The lowest BCUT2D eigenvalue weighted by molar-refractivity contribution is -0.113. The number of benzene rings is 2. The Morgan fingerprint density at radius 2 is 2.00 bits per heavy atom. The molecule has 1 heterocycles. The van der Waals surface area contributed by atoms with Crippen LogP contribution in [0.25, 0.3) is 0 Å². The van der Waals surface area contributed by atoms with Gasteiger partial charge in [0, 0.05) is 11.4 Å². The molecular formula is C18H15N5OS2. The highest BCUT2D eigenvalue weighted by atomic mass is 32.2. The van der Waals surface area contributed by atoms with Crippen molar-refractivity contribution in [1.82, 2.24) is 10.2 Å². The van der Waals surface area contributed by atoms with Gasteiger partial charge in [0.25, 0.3) is 0 Å². The normalized spacial score (nSPS) is 10.2. The van der Waals surface area contributed by atoms with E-state index in [1.165, 1.54) is 23.1 Å². The van der Waals surface area contributed by atoms with Crippen molar-refractivity contribution in [3.05, 3.63) is 59.7 Å². The molecule has 0 saturated heterocycles. The van der Waals surface area contributed by atoms with Gasteiger partial charge in [0.15, 0.2) is 4.34 Å². The van der Waals surface area contributed by atoms with E-state index >= 15 is 0 Å². The summed E-state index contributed by atoms with van der Waals surface area (Å²) in [5.41, 5.74) is 3.33. The standard InChI is InChI=1S/C18H15N5OS2/c1-12-3-2-4-15(9-12)21-17-22-23-18(26-17)25-11-16(24)20-14-7-5-13(10-19)6-8-14/h2-9H,11H2,1H3,(H,20,24)(H,21,22). The van der Waals surface area contributed by atoms with Gasteiger partial charge in [-0.1, -0.05) is 35.2 Å². The van der Waals surface area contributed by atoms with Gasteiger partial charge in [-0.2, -0.15) is 5.26 Å². The van der Waals surface area contributed by atoms with E-state index in [-0.39, 0.29) is 11.7 Å². The van der Waals surface area contributed by atoms with E-state index in [1.54, 1.807) is 24.3 Å². The summed E-state index contributed by atoms with van der Waals surface area (Å²) in [4.78, 5) is 12.0. The summed E-state index contributed by atoms with van der Waals surface area (Å²) in [5, 5.41) is 23.6. The van der Waals surface area contributed by atoms with Crippen molar-refractivity contribution >= 4 is 45.5 Å². The minimum absolute atomic E-state index is 0.136. The summed E-state index contributed by atoms with van der Waals surface area (Å²) in [6.45, 7) is 2.03. The fourth-order valence-corrected chi connectivity index (χ4v) is 3.69. The molecule has 3 aromatic rings. The van der Waals surface area contributed by atoms with Gasteiger partial charge in [-0.3, -0.25) is 4.79 Å². The molecule has 0 radical (unpaired) electrons. The molecule has 0 bridgehead atoms. The van der Waals surface area contributed by atoms with Crippen LogP contribution in [0.2, 0.25) is 0 Å². The summed E-state index contributed by atoms with van der Waals surface area (Å²) in [6, 6.07) is 16.8. The molecule has 0 aliphatic carbocycles. The number of anilines is 3. The summed E-state index contributed by atoms with van der Waals surface area (Å²) < 4.78 is 0.718. The van der Waals surface area contributed by atoms with Crippen LogP contribution in [-0.2, 0) is 4.79 Å². The second kappa shape index (κ2) is 8.47. The van der Waals surface area contributed by atoms with Crippen molar-refractivity contribution in [3.8, 4) is 6.07 Å². The Balaban J connectivity index is 1.51. The molecule has 6 nitrogen and oxygen atoms in total. The third-order valence-corrected chi connectivity index (χ3v) is 5.27. The van der Waals surface area contributed by atoms with E-state index in [9.17, 15) is 4.79 Å². The summed E-state index contributed by atoms with van der Waals surface area (Å²) in [5.74, 6) is 0.0992. The first-order valence-corrected chi connectivity index (χ1v) is 9.52. The molecule has 0 fully saturated rings. The van der Waals surface area contributed by atoms with Crippen molar-refractivity contribution in [2.75, 3.05) is 16.4 Å². The first-order chi connectivity index (χ1) is 12.6. The SMILES string of the molecule is Cc1cccc(Nc2nnc(SCC(=O)Nc3ccc(C#N)cc3)s2)c1. The van der Waals surface area contributed by atoms with Crippen molar-refractivity contribution in [2.24, 2.45) is 0 Å². The fraction of sp³-hybridized carbons (Fsp3) is 0.111. The second-order valence-electron chi connectivity index (χ2n) is 5.39. The average Bonchev–Trinajstić information content (AvgIpc) is 3.08. The monoisotopic (exact) mass is 381 g/mol. The minimum Gasteiger partial charge on any atom is -0.330 e. The van der Waals surface area contributed by atoms with Gasteiger partial charge < -0.3 is 10.6 Å². The van der Waals surface area contributed by atoms with Crippen LogP contribution in [0.5, 0.6) is 0 Å². The van der Waals surface area contributed by atoms with E-state index in [4.69, 9.17) is 5.26 Å². The molecule has 0 atom stereocenters. The van der Waals surface area contributed by atoms with Crippen LogP contribution >= 0.6 is 23.1 Å². The highest BCUT2D eigenvalue weighted by molar-refractivity contribution is 8.01. The first-order valence-electron chi connectivity index (χ1n) is 7.72. The van der Waals surface area contributed by atoms with Crippen LogP contribution in [0.15, 0.2) is 52.9 Å². The van der Waals surface area contributed by atoms with Gasteiger partial charge in [0.1, 0.15) is 0 Å². The maximum Gasteiger partial charge on any atom is 0.234 e. The van der Waals surface area contributed by atoms with Crippen LogP contribution in [0.4, 0.5) is 16.5 Å². The van der Waals surface area contributed by atoms with Crippen LogP contribution in [0, 0.1) is 18.3 Å². The molecule has 0 saturated carbocycles. The zero-order valence-corrected chi connectivity index (χ0v) is 15.5. The zero-order valence-electron chi connectivity index (χ0n) is 13.9. The number of nitrogens with one attached hydrogen (secondary N) is 2. The Kier molecular flexibility index (Phi) is 5.84. The maximum atomic E-state index is 12.0. The van der Waals surface area contributed by atoms with Crippen molar-refractivity contribution < 1.29 is 4.79 Å². The first kappa shape index (κ1) is 17.9. The number of nitrogens with zero attached hydrogens (tertiary/aromatic N) is 3. The molecule has 2 aromatic carbocycles. The highest BCUT2D eigenvalue weighted by Crippen LogP contribution is 2.28. The van der Waals surface area contributed by atoms with E-state index in [1.807, 2.05) is 37.3 Å². The molecule has 8 heteroatoms. The molecule has 2 N–H and O–H groups in total. The van der Waals surface area contributed by atoms with E-state index in [0.717, 1.165) is 15.6 Å². The molecule has 130 valence electrons. The molecule has 1 amide bonds. The van der Waals surface area contributed by atoms with Gasteiger partial charge in [0.2, 0.25) is 11.0 Å². The van der Waals surface area contributed by atoms with Gasteiger partial charge in [-0.05, 0) is 48.9 Å². The Hall–Kier alpha value is -2.89. The number of hydrogen-bond donors (Lipinski definition) is 2. The van der Waals surface area contributed by atoms with Crippen LogP contribution in [0.3, 0.4) is 0 Å². The van der Waals surface area contributed by atoms with Crippen molar-refractivity contribution in [3.63, 3.8) is 0 Å². The largest absolute Gasteiger partial charge is 0.330 e. The fourth-order valence-electron chi connectivity index (χ4n) is 2.12. The maximum absolute atomic E-state index is 12.0. The summed E-state index contributed by atoms with van der Waals surface area (Å²) >= 11 is 2.73. The number of thioether (sulfide) groups is 1. The Labute approximate surface area is 159 Å². The van der Waals surface area contributed by atoms with E-state index in [0.29, 0.717) is 16.4 Å². The molecule has 0 aliphatic heterocycles. The lowest BCUT2D eigenvalue weighted by Crippen LogP contribution is -2.13. The highest BCUT2D eigenvalue weighted by Gasteiger charge is 2.09. The summed E-state index contributed by atoms with van der Waals surface area (Å²) in [7, 11) is 0. The zero-order chi connectivity index (χ0) is 18.4. The second-order valence-corrected chi connectivity index (χ2v) is 7.59. The molecule has 0 unspecified atom stereocenters. The molecular weight excluding hydrogens is 366 g/mol. The molecule has 3 rings (SSSR count). The number of aromatic nitrogens is 2. The topological polar surface area (TPSA) is 90.7 Å². The number of hydrogen-bond acceptors (Lipinski definition) is 7. The molecule has 0 aliphatic rings. The molecule has 0 spiro atoms. The lowest BCUT2D eigenvalue weighted by atomic mass is 10.2. The Morgan fingerprint density at radius 3 is 2.73 bits per heavy atom. The number of amides is 1. The Bertz CT molecular complexity index is 947. The van der Waals surface area contributed by atoms with Crippen molar-refractivity contribution in [2.45, 2.75) is 11.3 Å². The average molecular weight is 381 g/mol. The van der Waals surface area contributed by atoms with Crippen molar-refractivity contribution in [1.29, 1.82) is 5.26 Å². The third kappa shape index (κ3) is 5.05. The van der Waals surface area contributed by atoms with E-state index < -0.39 is 0 Å². The third-order valence-electron chi connectivity index (χ3n) is 3.30. The number of nitriles is 1. The van der Waals surface area contributed by atoms with Crippen LogP contribution in [-0.4, -0.2) is 21.9 Å². The van der Waals surface area contributed by atoms with Gasteiger partial charge >= 0.3 is 0 Å².